The zero-order chi connectivity index (χ0) is 11.3. The summed E-state index contributed by atoms with van der Waals surface area (Å²) in [6.45, 7) is 3.85. The smallest absolute Gasteiger partial charge is 0.310 e. The summed E-state index contributed by atoms with van der Waals surface area (Å²) in [6, 6.07) is 0. The average Bonchev–Trinajstić information content (AvgIpc) is 2.17. The lowest BCUT2D eigenvalue weighted by Crippen LogP contribution is -2.43. The van der Waals surface area contributed by atoms with E-state index in [1.807, 2.05) is 4.90 Å². The van der Waals surface area contributed by atoms with E-state index in [1.165, 1.54) is 0 Å². The number of rotatable bonds is 4. The van der Waals surface area contributed by atoms with Gasteiger partial charge in [-0.2, -0.15) is 0 Å². The molecule has 1 heterocycles. The van der Waals surface area contributed by atoms with Crippen molar-refractivity contribution in [2.75, 3.05) is 26.2 Å². The van der Waals surface area contributed by atoms with Gasteiger partial charge in [0.1, 0.15) is 0 Å². The predicted octanol–water partition coefficient (Wildman–Crippen LogP) is -0.253. The number of primary amides is 1. The van der Waals surface area contributed by atoms with Crippen molar-refractivity contribution in [2.45, 2.75) is 19.8 Å². The van der Waals surface area contributed by atoms with Gasteiger partial charge >= 0.3 is 5.97 Å². The van der Waals surface area contributed by atoms with Gasteiger partial charge in [-0.15, -0.1) is 0 Å². The highest BCUT2D eigenvalue weighted by molar-refractivity contribution is 5.76. The molecule has 0 aromatic heterocycles. The zero-order valence-corrected chi connectivity index (χ0v) is 9.07. The number of hydrogen-bond donors (Lipinski definition) is 1. The minimum Gasteiger partial charge on any atom is -0.466 e. The highest BCUT2D eigenvalue weighted by atomic mass is 16.5. The SMILES string of the molecule is CCOC(=O)C1CCCN(CC(N)=O)C1. The molecule has 1 unspecified atom stereocenters. The fourth-order valence-electron chi connectivity index (χ4n) is 1.87. The van der Waals surface area contributed by atoms with Gasteiger partial charge in [0.25, 0.3) is 0 Å². The molecule has 5 heteroatoms. The Hall–Kier alpha value is -1.10. The van der Waals surface area contributed by atoms with E-state index in [0.717, 1.165) is 19.4 Å². The number of amides is 1. The lowest BCUT2D eigenvalue weighted by atomic mass is 9.98. The molecule has 1 fully saturated rings. The van der Waals surface area contributed by atoms with E-state index in [0.29, 0.717) is 13.2 Å². The van der Waals surface area contributed by atoms with Crippen molar-refractivity contribution in [3.8, 4) is 0 Å². The number of esters is 1. The number of hydrogen-bond acceptors (Lipinski definition) is 4. The highest BCUT2D eigenvalue weighted by Crippen LogP contribution is 2.17. The Morgan fingerprint density at radius 3 is 2.87 bits per heavy atom. The van der Waals surface area contributed by atoms with Gasteiger partial charge < -0.3 is 10.5 Å². The van der Waals surface area contributed by atoms with Crippen LogP contribution < -0.4 is 5.73 Å². The van der Waals surface area contributed by atoms with E-state index in [-0.39, 0.29) is 24.3 Å². The fourth-order valence-corrected chi connectivity index (χ4v) is 1.87. The molecule has 1 aliphatic rings. The second kappa shape index (κ2) is 5.70. The molecule has 0 radical (unpaired) electrons. The number of carbonyl (C=O) groups is 2. The van der Waals surface area contributed by atoms with E-state index >= 15 is 0 Å². The van der Waals surface area contributed by atoms with Crippen molar-refractivity contribution < 1.29 is 14.3 Å². The lowest BCUT2D eigenvalue weighted by Gasteiger charge is -2.30. The van der Waals surface area contributed by atoms with E-state index in [4.69, 9.17) is 10.5 Å². The van der Waals surface area contributed by atoms with Crippen molar-refractivity contribution in [3.63, 3.8) is 0 Å². The second-order valence-corrected chi connectivity index (χ2v) is 3.79. The molecule has 0 aliphatic carbocycles. The van der Waals surface area contributed by atoms with Gasteiger partial charge in [0.2, 0.25) is 5.91 Å². The summed E-state index contributed by atoms with van der Waals surface area (Å²) in [5.74, 6) is -0.607. The van der Waals surface area contributed by atoms with Crippen molar-refractivity contribution in [1.82, 2.24) is 4.90 Å². The topological polar surface area (TPSA) is 72.6 Å². The van der Waals surface area contributed by atoms with Gasteiger partial charge in [-0.1, -0.05) is 0 Å². The van der Waals surface area contributed by atoms with Crippen molar-refractivity contribution in [1.29, 1.82) is 0 Å². The molecule has 0 spiro atoms. The van der Waals surface area contributed by atoms with Crippen LogP contribution in [0, 0.1) is 5.92 Å². The van der Waals surface area contributed by atoms with Crippen LogP contribution in [0.25, 0.3) is 0 Å². The third-order valence-corrected chi connectivity index (χ3v) is 2.50. The molecule has 86 valence electrons. The maximum absolute atomic E-state index is 11.5. The summed E-state index contributed by atoms with van der Waals surface area (Å²) >= 11 is 0. The molecule has 0 aromatic rings. The number of likely N-dealkylation sites (tertiary alicyclic amines) is 1. The normalized spacial score (nSPS) is 22.3. The van der Waals surface area contributed by atoms with Crippen LogP contribution in [0.2, 0.25) is 0 Å². The van der Waals surface area contributed by atoms with Crippen LogP contribution in [-0.4, -0.2) is 43.0 Å². The van der Waals surface area contributed by atoms with Crippen molar-refractivity contribution in [3.05, 3.63) is 0 Å². The summed E-state index contributed by atoms with van der Waals surface area (Å²) in [5.41, 5.74) is 5.11. The molecule has 1 saturated heterocycles. The summed E-state index contributed by atoms with van der Waals surface area (Å²) in [6.07, 6.45) is 1.75. The van der Waals surface area contributed by atoms with E-state index in [9.17, 15) is 9.59 Å². The third kappa shape index (κ3) is 3.87. The number of carbonyl (C=O) groups excluding carboxylic acids is 2. The molecule has 1 amide bonds. The Bertz CT molecular complexity index is 243. The summed E-state index contributed by atoms with van der Waals surface area (Å²) in [4.78, 5) is 24.1. The summed E-state index contributed by atoms with van der Waals surface area (Å²) in [7, 11) is 0. The molecule has 1 atom stereocenters. The van der Waals surface area contributed by atoms with Crippen LogP contribution in [0.3, 0.4) is 0 Å². The minimum absolute atomic E-state index is 0.0990. The average molecular weight is 214 g/mol. The van der Waals surface area contributed by atoms with Crippen LogP contribution in [0.4, 0.5) is 0 Å². The number of nitrogens with two attached hydrogens (primary N) is 1. The Balaban J connectivity index is 2.41. The van der Waals surface area contributed by atoms with Crippen LogP contribution in [-0.2, 0) is 14.3 Å². The molecule has 1 aliphatic heterocycles. The first kappa shape index (κ1) is 12.0. The number of piperidine rings is 1. The fraction of sp³-hybridized carbons (Fsp3) is 0.800. The monoisotopic (exact) mass is 214 g/mol. The maximum Gasteiger partial charge on any atom is 0.310 e. The first-order valence-corrected chi connectivity index (χ1v) is 5.30. The van der Waals surface area contributed by atoms with Gasteiger partial charge in [-0.25, -0.2) is 0 Å². The van der Waals surface area contributed by atoms with Gasteiger partial charge in [-0.05, 0) is 26.3 Å². The minimum atomic E-state index is -0.348. The Morgan fingerprint density at radius 1 is 1.53 bits per heavy atom. The first-order chi connectivity index (χ1) is 7.13. The van der Waals surface area contributed by atoms with Crippen LogP contribution in [0.15, 0.2) is 0 Å². The number of ether oxygens (including phenoxy) is 1. The predicted molar refractivity (Wildman–Crippen MR) is 55.0 cm³/mol. The quantitative estimate of drug-likeness (QED) is 0.655. The molecule has 5 nitrogen and oxygen atoms in total. The highest BCUT2D eigenvalue weighted by Gasteiger charge is 2.27. The van der Waals surface area contributed by atoms with Crippen molar-refractivity contribution >= 4 is 11.9 Å². The van der Waals surface area contributed by atoms with Gasteiger partial charge in [0.05, 0.1) is 19.1 Å². The molecule has 0 saturated carbocycles. The number of nitrogens with zero attached hydrogens (tertiary/aromatic N) is 1. The standard InChI is InChI=1S/C10H18N2O3/c1-2-15-10(14)8-4-3-5-12(6-8)7-9(11)13/h8H,2-7H2,1H3,(H2,11,13). The second-order valence-electron chi connectivity index (χ2n) is 3.79. The largest absolute Gasteiger partial charge is 0.466 e. The summed E-state index contributed by atoms with van der Waals surface area (Å²) in [5, 5.41) is 0. The van der Waals surface area contributed by atoms with E-state index < -0.39 is 0 Å². The summed E-state index contributed by atoms with van der Waals surface area (Å²) < 4.78 is 4.95. The lowest BCUT2D eigenvalue weighted by molar-refractivity contribution is -0.150. The van der Waals surface area contributed by atoms with Crippen LogP contribution >= 0.6 is 0 Å². The zero-order valence-electron chi connectivity index (χ0n) is 9.07. The maximum atomic E-state index is 11.5. The first-order valence-electron chi connectivity index (χ1n) is 5.30. The van der Waals surface area contributed by atoms with Gasteiger partial charge in [0.15, 0.2) is 0 Å². The molecule has 0 bridgehead atoms. The van der Waals surface area contributed by atoms with Gasteiger partial charge in [-0.3, -0.25) is 14.5 Å². The van der Waals surface area contributed by atoms with Crippen molar-refractivity contribution in [2.24, 2.45) is 11.7 Å². The molecule has 15 heavy (non-hydrogen) atoms. The van der Waals surface area contributed by atoms with Gasteiger partial charge in [0, 0.05) is 6.54 Å². The molecule has 2 N–H and O–H groups in total. The van der Waals surface area contributed by atoms with E-state index in [1.54, 1.807) is 6.92 Å². The van der Waals surface area contributed by atoms with Crippen LogP contribution in [0.5, 0.6) is 0 Å². The third-order valence-electron chi connectivity index (χ3n) is 2.50. The molecular weight excluding hydrogens is 196 g/mol. The van der Waals surface area contributed by atoms with Crippen LogP contribution in [0.1, 0.15) is 19.8 Å². The molecule has 1 rings (SSSR count). The van der Waals surface area contributed by atoms with E-state index in [2.05, 4.69) is 0 Å². The Kier molecular flexibility index (Phi) is 4.55. The molecule has 0 aromatic carbocycles. The Morgan fingerprint density at radius 2 is 2.27 bits per heavy atom. The molecular formula is C10H18N2O3. The Labute approximate surface area is 89.6 Å².